The molecule has 0 aliphatic rings. The summed E-state index contributed by atoms with van der Waals surface area (Å²) in [5.74, 6) is 2.64. The van der Waals surface area contributed by atoms with Crippen molar-refractivity contribution in [3.63, 3.8) is 0 Å². The van der Waals surface area contributed by atoms with Gasteiger partial charge in [-0.05, 0) is 30.3 Å². The number of hydrogen-bond donors (Lipinski definition) is 0. The minimum Gasteiger partial charge on any atom is -0.456 e. The molecule has 0 saturated carbocycles. The number of halogens is 1. The predicted molar refractivity (Wildman–Crippen MR) is 78.6 cm³/mol. The molecule has 0 bridgehead atoms. The van der Waals surface area contributed by atoms with Crippen LogP contribution in [0.2, 0.25) is 5.02 Å². The van der Waals surface area contributed by atoms with Crippen molar-refractivity contribution in [3.8, 4) is 11.5 Å². The quantitative estimate of drug-likeness (QED) is 0.721. The van der Waals surface area contributed by atoms with E-state index in [-0.39, 0.29) is 0 Å². The Morgan fingerprint density at radius 1 is 1.10 bits per heavy atom. The second kappa shape index (κ2) is 5.13. The molecule has 0 amide bonds. The lowest BCUT2D eigenvalue weighted by Crippen LogP contribution is -1.97. The molecule has 1 aromatic carbocycles. The Morgan fingerprint density at radius 2 is 1.95 bits per heavy atom. The zero-order valence-electron chi connectivity index (χ0n) is 11.2. The molecular formula is C15H14ClN3O. The number of nitrogens with zero attached hydrogens (tertiary/aromatic N) is 3. The Kier molecular flexibility index (Phi) is 3.32. The number of pyridine rings is 1. The molecule has 0 radical (unpaired) electrons. The Morgan fingerprint density at radius 3 is 2.70 bits per heavy atom. The van der Waals surface area contributed by atoms with Gasteiger partial charge in [0.1, 0.15) is 17.3 Å². The van der Waals surface area contributed by atoms with Crippen LogP contribution in [0.25, 0.3) is 5.65 Å². The molecule has 0 N–H and O–H groups in total. The molecule has 0 saturated heterocycles. The molecule has 3 rings (SSSR count). The third-order valence-corrected chi connectivity index (χ3v) is 3.18. The SMILES string of the molecule is CC(C)c1nnc2ccc(Oc3cccc(Cl)c3)cn12. The smallest absolute Gasteiger partial charge is 0.161 e. The average molecular weight is 288 g/mol. The second-order valence-corrected chi connectivity index (χ2v) is 5.30. The summed E-state index contributed by atoms with van der Waals surface area (Å²) in [7, 11) is 0. The maximum Gasteiger partial charge on any atom is 0.161 e. The van der Waals surface area contributed by atoms with Crippen molar-refractivity contribution in [2.45, 2.75) is 19.8 Å². The summed E-state index contributed by atoms with van der Waals surface area (Å²) in [5, 5.41) is 8.98. The second-order valence-electron chi connectivity index (χ2n) is 4.87. The van der Waals surface area contributed by atoms with E-state index in [9.17, 15) is 0 Å². The fourth-order valence-electron chi connectivity index (χ4n) is 2.01. The highest BCUT2D eigenvalue weighted by molar-refractivity contribution is 6.30. The van der Waals surface area contributed by atoms with E-state index in [4.69, 9.17) is 16.3 Å². The Balaban J connectivity index is 1.98. The van der Waals surface area contributed by atoms with Crippen molar-refractivity contribution in [1.29, 1.82) is 0 Å². The molecule has 0 aliphatic heterocycles. The van der Waals surface area contributed by atoms with E-state index in [0.29, 0.717) is 16.7 Å². The zero-order chi connectivity index (χ0) is 14.1. The fourth-order valence-corrected chi connectivity index (χ4v) is 2.19. The van der Waals surface area contributed by atoms with E-state index in [1.807, 2.05) is 40.9 Å². The van der Waals surface area contributed by atoms with Crippen LogP contribution in [0.1, 0.15) is 25.6 Å². The first-order valence-electron chi connectivity index (χ1n) is 6.41. The summed E-state index contributed by atoms with van der Waals surface area (Å²) in [6.45, 7) is 4.17. The van der Waals surface area contributed by atoms with Crippen LogP contribution >= 0.6 is 11.6 Å². The van der Waals surface area contributed by atoms with E-state index in [0.717, 1.165) is 17.2 Å². The van der Waals surface area contributed by atoms with Crippen molar-refractivity contribution >= 4 is 17.2 Å². The van der Waals surface area contributed by atoms with E-state index in [2.05, 4.69) is 24.0 Å². The summed E-state index contributed by atoms with van der Waals surface area (Å²) in [4.78, 5) is 0. The Hall–Kier alpha value is -2.07. The highest BCUT2D eigenvalue weighted by atomic mass is 35.5. The van der Waals surface area contributed by atoms with Crippen molar-refractivity contribution in [2.75, 3.05) is 0 Å². The Bertz CT molecular complexity index is 752. The first-order valence-corrected chi connectivity index (χ1v) is 6.79. The van der Waals surface area contributed by atoms with Crippen molar-refractivity contribution in [3.05, 3.63) is 53.4 Å². The fraction of sp³-hybridized carbons (Fsp3) is 0.200. The van der Waals surface area contributed by atoms with Crippen molar-refractivity contribution in [2.24, 2.45) is 0 Å². The molecule has 3 aromatic rings. The first-order chi connectivity index (χ1) is 9.63. The Labute approximate surface area is 122 Å². The topological polar surface area (TPSA) is 39.4 Å². The van der Waals surface area contributed by atoms with Crippen LogP contribution in [0.4, 0.5) is 0 Å². The van der Waals surface area contributed by atoms with Gasteiger partial charge in [0.05, 0.1) is 6.20 Å². The van der Waals surface area contributed by atoms with Gasteiger partial charge in [0, 0.05) is 10.9 Å². The standard InChI is InChI=1S/C15H14ClN3O/c1-10(2)15-18-17-14-7-6-13(9-19(14)15)20-12-5-3-4-11(16)8-12/h3-10H,1-2H3. The molecule has 4 nitrogen and oxygen atoms in total. The van der Waals surface area contributed by atoms with Crippen LogP contribution < -0.4 is 4.74 Å². The molecule has 0 aliphatic carbocycles. The van der Waals surface area contributed by atoms with Crippen LogP contribution in [0.5, 0.6) is 11.5 Å². The van der Waals surface area contributed by atoms with Gasteiger partial charge < -0.3 is 4.74 Å². The van der Waals surface area contributed by atoms with Gasteiger partial charge >= 0.3 is 0 Å². The maximum atomic E-state index is 5.95. The lowest BCUT2D eigenvalue weighted by Gasteiger charge is -2.08. The van der Waals surface area contributed by atoms with E-state index in [1.165, 1.54) is 0 Å². The number of fused-ring (bicyclic) bond motifs is 1. The summed E-state index contributed by atoms with van der Waals surface area (Å²) in [5.41, 5.74) is 0.812. The molecular weight excluding hydrogens is 274 g/mol. The van der Waals surface area contributed by atoms with Gasteiger partial charge in [0.2, 0.25) is 0 Å². The van der Waals surface area contributed by atoms with Crippen LogP contribution in [-0.2, 0) is 0 Å². The highest BCUT2D eigenvalue weighted by Gasteiger charge is 2.10. The van der Waals surface area contributed by atoms with Crippen LogP contribution in [-0.4, -0.2) is 14.6 Å². The summed E-state index contributed by atoms with van der Waals surface area (Å²) >= 11 is 5.95. The number of aromatic nitrogens is 3. The van der Waals surface area contributed by atoms with Gasteiger partial charge in [0.25, 0.3) is 0 Å². The van der Waals surface area contributed by atoms with Crippen molar-refractivity contribution < 1.29 is 4.74 Å². The molecule has 102 valence electrons. The number of hydrogen-bond acceptors (Lipinski definition) is 3. The van der Waals surface area contributed by atoms with E-state index >= 15 is 0 Å². The minimum absolute atomic E-state index is 0.298. The number of ether oxygens (including phenoxy) is 1. The zero-order valence-corrected chi connectivity index (χ0v) is 12.0. The molecule has 2 heterocycles. The average Bonchev–Trinajstić information content (AvgIpc) is 2.82. The number of rotatable bonds is 3. The lowest BCUT2D eigenvalue weighted by molar-refractivity contribution is 0.479. The molecule has 0 atom stereocenters. The van der Waals surface area contributed by atoms with Gasteiger partial charge in [-0.1, -0.05) is 31.5 Å². The summed E-state index contributed by atoms with van der Waals surface area (Å²) in [6.07, 6.45) is 1.89. The highest BCUT2D eigenvalue weighted by Crippen LogP contribution is 2.25. The van der Waals surface area contributed by atoms with Crippen LogP contribution in [0.3, 0.4) is 0 Å². The number of benzene rings is 1. The van der Waals surface area contributed by atoms with Gasteiger partial charge in [-0.25, -0.2) is 0 Å². The van der Waals surface area contributed by atoms with Crippen LogP contribution in [0, 0.1) is 0 Å². The summed E-state index contributed by atoms with van der Waals surface area (Å²) < 4.78 is 7.76. The largest absolute Gasteiger partial charge is 0.456 e. The maximum absolute atomic E-state index is 5.95. The molecule has 5 heteroatoms. The molecule has 0 spiro atoms. The van der Waals surface area contributed by atoms with Gasteiger partial charge in [-0.15, -0.1) is 10.2 Å². The van der Waals surface area contributed by atoms with Gasteiger partial charge in [0.15, 0.2) is 5.65 Å². The van der Waals surface area contributed by atoms with Crippen LogP contribution in [0.15, 0.2) is 42.6 Å². The first kappa shape index (κ1) is 12.9. The summed E-state index contributed by atoms with van der Waals surface area (Å²) in [6, 6.07) is 11.1. The van der Waals surface area contributed by atoms with Crippen molar-refractivity contribution in [1.82, 2.24) is 14.6 Å². The third-order valence-electron chi connectivity index (χ3n) is 2.95. The van der Waals surface area contributed by atoms with E-state index in [1.54, 1.807) is 6.07 Å². The lowest BCUT2D eigenvalue weighted by atomic mass is 10.2. The molecule has 2 aromatic heterocycles. The van der Waals surface area contributed by atoms with Gasteiger partial charge in [-0.2, -0.15) is 0 Å². The predicted octanol–water partition coefficient (Wildman–Crippen LogP) is 4.30. The van der Waals surface area contributed by atoms with Gasteiger partial charge in [-0.3, -0.25) is 4.40 Å². The third kappa shape index (κ3) is 2.47. The monoisotopic (exact) mass is 287 g/mol. The normalized spacial score (nSPS) is 11.2. The minimum atomic E-state index is 0.298. The molecule has 0 fully saturated rings. The molecule has 20 heavy (non-hydrogen) atoms. The van der Waals surface area contributed by atoms with E-state index < -0.39 is 0 Å². The molecule has 0 unspecified atom stereocenters.